The Morgan fingerprint density at radius 3 is 2.14 bits per heavy atom. The third-order valence-corrected chi connectivity index (χ3v) is 9.06. The second-order valence-corrected chi connectivity index (χ2v) is 11.9. The highest BCUT2D eigenvalue weighted by Crippen LogP contribution is 2.29. The van der Waals surface area contributed by atoms with Crippen LogP contribution in [0.5, 0.6) is 0 Å². The Bertz CT molecular complexity index is 1150. The van der Waals surface area contributed by atoms with Gasteiger partial charge in [-0.3, -0.25) is 9.59 Å². The molecule has 2 amide bonds. The number of sulfonamides is 1. The van der Waals surface area contributed by atoms with Gasteiger partial charge in [-0.2, -0.15) is 4.31 Å². The number of amides is 2. The molecule has 2 aliphatic rings. The number of hydrogen-bond donors (Lipinski definition) is 1. The van der Waals surface area contributed by atoms with Crippen molar-refractivity contribution in [1.29, 1.82) is 0 Å². The molecule has 8 heteroatoms. The number of nitrogens with one attached hydrogen (secondary N) is 1. The maximum absolute atomic E-state index is 13.3. The summed E-state index contributed by atoms with van der Waals surface area (Å²) in [6.07, 6.45) is 2.36. The molecule has 0 aliphatic carbocycles. The van der Waals surface area contributed by atoms with Crippen LogP contribution < -0.4 is 5.32 Å². The maximum Gasteiger partial charge on any atom is 0.247 e. The van der Waals surface area contributed by atoms with E-state index in [2.05, 4.69) is 19.2 Å². The smallest absolute Gasteiger partial charge is 0.247 e. The zero-order valence-corrected chi connectivity index (χ0v) is 21.6. The Balaban J connectivity index is 1.36. The summed E-state index contributed by atoms with van der Waals surface area (Å²) in [7, 11) is -3.57. The summed E-state index contributed by atoms with van der Waals surface area (Å²) in [5.74, 6) is -0.0445. The molecule has 35 heavy (non-hydrogen) atoms. The van der Waals surface area contributed by atoms with E-state index in [1.54, 1.807) is 29.2 Å². The molecule has 1 N–H and O–H groups in total. The van der Waals surface area contributed by atoms with Gasteiger partial charge in [-0.25, -0.2) is 8.42 Å². The van der Waals surface area contributed by atoms with Gasteiger partial charge in [0.2, 0.25) is 21.8 Å². The normalized spacial score (nSPS) is 19.8. The number of likely N-dealkylation sites (tertiary alicyclic amines) is 1. The van der Waals surface area contributed by atoms with Gasteiger partial charge in [-0.1, -0.05) is 43.7 Å². The zero-order chi connectivity index (χ0) is 25.2. The molecule has 2 fully saturated rings. The van der Waals surface area contributed by atoms with Crippen molar-refractivity contribution in [3.8, 4) is 0 Å². The number of piperidine rings is 1. The van der Waals surface area contributed by atoms with Gasteiger partial charge in [-0.15, -0.1) is 0 Å². The lowest BCUT2D eigenvalue weighted by Gasteiger charge is -2.34. The van der Waals surface area contributed by atoms with Crippen molar-refractivity contribution >= 4 is 27.5 Å². The van der Waals surface area contributed by atoms with Crippen LogP contribution in [0.4, 0.5) is 5.69 Å². The number of carbonyl (C=O) groups is 2. The summed E-state index contributed by atoms with van der Waals surface area (Å²) in [6.45, 7) is 7.34. The SMILES string of the molecule is Cc1ccc(S(=O)(=O)N2CCC(C(=O)N3CCCC3C(=O)Nc3ccc(C(C)C)cc3)CC2)cc1. The van der Waals surface area contributed by atoms with Crippen LogP contribution in [-0.4, -0.2) is 55.1 Å². The monoisotopic (exact) mass is 497 g/mol. The molecule has 4 rings (SSSR count). The molecule has 2 aromatic rings. The molecule has 188 valence electrons. The standard InChI is InChI=1S/C27H35N3O4S/c1-19(2)21-8-10-23(11-9-21)28-26(31)25-5-4-16-30(25)27(32)22-14-17-29(18-15-22)35(33,34)24-12-6-20(3)7-13-24/h6-13,19,22,25H,4-5,14-18H2,1-3H3,(H,28,31). The second kappa shape index (κ2) is 10.5. The van der Waals surface area contributed by atoms with Crippen LogP contribution in [0, 0.1) is 12.8 Å². The number of rotatable bonds is 6. The van der Waals surface area contributed by atoms with Crippen molar-refractivity contribution in [1.82, 2.24) is 9.21 Å². The Hall–Kier alpha value is -2.71. The minimum absolute atomic E-state index is 0.0369. The van der Waals surface area contributed by atoms with Crippen LogP contribution in [0.1, 0.15) is 56.6 Å². The van der Waals surface area contributed by atoms with Crippen molar-refractivity contribution in [3.63, 3.8) is 0 Å². The van der Waals surface area contributed by atoms with Gasteiger partial charge in [0.1, 0.15) is 6.04 Å². The first kappa shape index (κ1) is 25.4. The lowest BCUT2D eigenvalue weighted by Crippen LogP contribution is -2.48. The predicted molar refractivity (Wildman–Crippen MR) is 137 cm³/mol. The fourth-order valence-electron chi connectivity index (χ4n) is 4.92. The molecule has 2 aliphatic heterocycles. The molecule has 0 spiro atoms. The summed E-state index contributed by atoms with van der Waals surface area (Å²) in [6, 6.07) is 14.2. The fourth-order valence-corrected chi connectivity index (χ4v) is 6.39. The van der Waals surface area contributed by atoms with Gasteiger partial charge in [0.05, 0.1) is 4.90 Å². The Labute approximate surface area is 208 Å². The van der Waals surface area contributed by atoms with Crippen LogP contribution in [0.15, 0.2) is 53.4 Å². The molecule has 0 saturated carbocycles. The lowest BCUT2D eigenvalue weighted by atomic mass is 9.96. The van der Waals surface area contributed by atoms with Crippen LogP contribution in [-0.2, 0) is 19.6 Å². The Morgan fingerprint density at radius 2 is 1.54 bits per heavy atom. The van der Waals surface area contributed by atoms with E-state index >= 15 is 0 Å². The molecular weight excluding hydrogens is 462 g/mol. The molecule has 0 aromatic heterocycles. The van der Waals surface area contributed by atoms with Crippen LogP contribution in [0.2, 0.25) is 0 Å². The first-order chi connectivity index (χ1) is 16.7. The minimum Gasteiger partial charge on any atom is -0.330 e. The highest BCUT2D eigenvalue weighted by atomic mass is 32.2. The van der Waals surface area contributed by atoms with E-state index in [9.17, 15) is 18.0 Å². The second-order valence-electron chi connectivity index (χ2n) is 9.95. The number of nitrogens with zero attached hydrogens (tertiary/aromatic N) is 2. The molecule has 2 heterocycles. The lowest BCUT2D eigenvalue weighted by molar-refractivity contribution is -0.141. The van der Waals surface area contributed by atoms with E-state index in [1.165, 1.54) is 9.87 Å². The van der Waals surface area contributed by atoms with E-state index in [-0.39, 0.29) is 22.6 Å². The van der Waals surface area contributed by atoms with Crippen molar-refractivity contribution in [2.45, 2.75) is 63.3 Å². The molecular formula is C27H35N3O4S. The van der Waals surface area contributed by atoms with Gasteiger partial charge in [0.25, 0.3) is 0 Å². The Morgan fingerprint density at radius 1 is 0.914 bits per heavy atom. The summed E-state index contributed by atoms with van der Waals surface area (Å²) in [5.41, 5.74) is 2.94. The van der Waals surface area contributed by atoms with Crippen molar-refractivity contribution in [3.05, 3.63) is 59.7 Å². The first-order valence-electron chi connectivity index (χ1n) is 12.4. The number of benzene rings is 2. The van der Waals surface area contributed by atoms with Crippen molar-refractivity contribution < 1.29 is 18.0 Å². The van der Waals surface area contributed by atoms with Gasteiger partial charge in [-0.05, 0) is 68.4 Å². The average molecular weight is 498 g/mol. The quantitative estimate of drug-likeness (QED) is 0.650. The molecule has 0 bridgehead atoms. The molecule has 2 aromatic carbocycles. The van der Waals surface area contributed by atoms with Crippen molar-refractivity contribution in [2.75, 3.05) is 25.0 Å². The zero-order valence-electron chi connectivity index (χ0n) is 20.7. The van der Waals surface area contributed by atoms with E-state index in [0.29, 0.717) is 44.8 Å². The minimum atomic E-state index is -3.57. The third-order valence-electron chi connectivity index (χ3n) is 7.15. The van der Waals surface area contributed by atoms with E-state index in [4.69, 9.17) is 0 Å². The number of carbonyl (C=O) groups excluding carboxylic acids is 2. The largest absolute Gasteiger partial charge is 0.330 e. The number of aryl methyl sites for hydroxylation is 1. The topological polar surface area (TPSA) is 86.8 Å². The van der Waals surface area contributed by atoms with Crippen LogP contribution >= 0.6 is 0 Å². The summed E-state index contributed by atoms with van der Waals surface area (Å²) >= 11 is 0. The van der Waals surface area contributed by atoms with Crippen LogP contribution in [0.3, 0.4) is 0 Å². The summed E-state index contributed by atoms with van der Waals surface area (Å²) < 4.78 is 27.4. The van der Waals surface area contributed by atoms with Gasteiger partial charge >= 0.3 is 0 Å². The first-order valence-corrected chi connectivity index (χ1v) is 13.9. The molecule has 2 saturated heterocycles. The third kappa shape index (κ3) is 5.59. The maximum atomic E-state index is 13.3. The van der Waals surface area contributed by atoms with E-state index < -0.39 is 16.1 Å². The van der Waals surface area contributed by atoms with Crippen molar-refractivity contribution in [2.24, 2.45) is 5.92 Å². The number of anilines is 1. The molecule has 0 radical (unpaired) electrons. The number of hydrogen-bond acceptors (Lipinski definition) is 4. The van der Waals surface area contributed by atoms with Crippen LogP contribution in [0.25, 0.3) is 0 Å². The molecule has 7 nitrogen and oxygen atoms in total. The molecule has 1 unspecified atom stereocenters. The van der Waals surface area contributed by atoms with Gasteiger partial charge in [0, 0.05) is 31.2 Å². The summed E-state index contributed by atoms with van der Waals surface area (Å²) in [5, 5.41) is 2.97. The highest BCUT2D eigenvalue weighted by molar-refractivity contribution is 7.89. The predicted octanol–water partition coefficient (Wildman–Crippen LogP) is 4.15. The fraction of sp³-hybridized carbons (Fsp3) is 0.481. The van der Waals surface area contributed by atoms with E-state index in [1.807, 2.05) is 31.2 Å². The Kier molecular flexibility index (Phi) is 7.62. The summed E-state index contributed by atoms with van der Waals surface area (Å²) in [4.78, 5) is 28.3. The van der Waals surface area contributed by atoms with E-state index in [0.717, 1.165) is 17.7 Å². The van der Waals surface area contributed by atoms with Gasteiger partial charge < -0.3 is 10.2 Å². The van der Waals surface area contributed by atoms with Gasteiger partial charge in [0.15, 0.2) is 0 Å². The molecule has 1 atom stereocenters. The average Bonchev–Trinajstić information content (AvgIpc) is 3.34. The highest BCUT2D eigenvalue weighted by Gasteiger charge is 2.39.